The lowest BCUT2D eigenvalue weighted by Crippen LogP contribution is -2.70. The fourth-order valence-corrected chi connectivity index (χ4v) is 6.65. The quantitative estimate of drug-likeness (QED) is 0.415. The fraction of sp³-hybridized carbons (Fsp3) is 0.231. The SMILES string of the molecule is CC1(C)c2[nH]c3ccccc3c2C[C@H]2C(=O)N(N(C(=O)c3cccs3)C(=O)c3cccs3)CC(=O)N21. The first-order valence-corrected chi connectivity index (χ1v) is 13.2. The van der Waals surface area contributed by atoms with E-state index >= 15 is 0 Å². The number of H-pyrrole nitrogens is 1. The summed E-state index contributed by atoms with van der Waals surface area (Å²) in [6, 6.07) is 13.6. The van der Waals surface area contributed by atoms with E-state index in [9.17, 15) is 19.2 Å². The van der Waals surface area contributed by atoms with Crippen LogP contribution in [0.5, 0.6) is 0 Å². The van der Waals surface area contributed by atoms with Crippen molar-refractivity contribution in [1.82, 2.24) is 19.9 Å². The first-order valence-electron chi connectivity index (χ1n) is 11.5. The van der Waals surface area contributed by atoms with Crippen LogP contribution < -0.4 is 0 Å². The number of carbonyl (C=O) groups is 4. The summed E-state index contributed by atoms with van der Waals surface area (Å²) in [5.74, 6) is -2.02. The lowest BCUT2D eigenvalue weighted by atomic mass is 9.82. The van der Waals surface area contributed by atoms with Crippen LogP contribution >= 0.6 is 22.7 Å². The molecule has 1 fully saturated rings. The monoisotopic (exact) mass is 518 g/mol. The average Bonchev–Trinajstić information content (AvgIpc) is 3.63. The number of piperazine rings is 1. The van der Waals surface area contributed by atoms with Gasteiger partial charge in [0.05, 0.1) is 15.3 Å². The number of aromatic amines is 1. The van der Waals surface area contributed by atoms with E-state index in [0.717, 1.165) is 32.2 Å². The van der Waals surface area contributed by atoms with E-state index < -0.39 is 35.8 Å². The van der Waals surface area contributed by atoms with Gasteiger partial charge in [0.1, 0.15) is 12.6 Å². The smallest absolute Gasteiger partial charge is 0.290 e. The Hall–Kier alpha value is -3.76. The molecule has 5 heterocycles. The van der Waals surface area contributed by atoms with Gasteiger partial charge >= 0.3 is 0 Å². The van der Waals surface area contributed by atoms with E-state index in [1.807, 2.05) is 38.1 Å². The van der Waals surface area contributed by atoms with Gasteiger partial charge in [0.2, 0.25) is 5.91 Å². The summed E-state index contributed by atoms with van der Waals surface area (Å²) in [4.78, 5) is 60.3. The maximum Gasteiger partial charge on any atom is 0.290 e. The lowest BCUT2D eigenvalue weighted by molar-refractivity contribution is -0.173. The Balaban J connectivity index is 1.44. The third kappa shape index (κ3) is 3.25. The second-order valence-corrected chi connectivity index (χ2v) is 11.2. The molecule has 2 aliphatic rings. The number of aromatic nitrogens is 1. The highest BCUT2D eigenvalue weighted by molar-refractivity contribution is 7.12. The summed E-state index contributed by atoms with van der Waals surface area (Å²) in [6.07, 6.45) is 0.290. The number of nitrogens with zero attached hydrogens (tertiary/aromatic N) is 3. The summed E-state index contributed by atoms with van der Waals surface area (Å²) in [6.45, 7) is 3.43. The number of benzene rings is 1. The Morgan fingerprint density at radius 3 is 2.22 bits per heavy atom. The Kier molecular flexibility index (Phi) is 5.13. The van der Waals surface area contributed by atoms with E-state index in [4.69, 9.17) is 0 Å². The number of hydrazine groups is 1. The van der Waals surface area contributed by atoms with Crippen LogP contribution in [-0.4, -0.2) is 56.1 Å². The molecule has 8 nitrogen and oxygen atoms in total. The molecule has 3 aromatic heterocycles. The van der Waals surface area contributed by atoms with Crippen molar-refractivity contribution in [3.8, 4) is 0 Å². The zero-order valence-electron chi connectivity index (χ0n) is 19.6. The van der Waals surface area contributed by atoms with Gasteiger partial charge in [0.25, 0.3) is 17.7 Å². The van der Waals surface area contributed by atoms with Crippen LogP contribution in [0.15, 0.2) is 59.3 Å². The van der Waals surface area contributed by atoms with Gasteiger partial charge in [-0.3, -0.25) is 19.2 Å². The van der Waals surface area contributed by atoms with Crippen LogP contribution in [0, 0.1) is 0 Å². The number of fused-ring (bicyclic) bond motifs is 4. The van der Waals surface area contributed by atoms with Crippen molar-refractivity contribution < 1.29 is 19.2 Å². The van der Waals surface area contributed by atoms with Crippen LogP contribution in [0.3, 0.4) is 0 Å². The third-order valence-electron chi connectivity index (χ3n) is 6.92. The number of amides is 4. The van der Waals surface area contributed by atoms with E-state index in [1.165, 1.54) is 22.7 Å². The number of carbonyl (C=O) groups excluding carboxylic acids is 4. The van der Waals surface area contributed by atoms with Crippen molar-refractivity contribution in [3.05, 3.63) is 80.3 Å². The number of imide groups is 1. The minimum absolute atomic E-state index is 0.290. The molecule has 1 aromatic carbocycles. The highest BCUT2D eigenvalue weighted by Crippen LogP contribution is 2.43. The largest absolute Gasteiger partial charge is 0.356 e. The van der Waals surface area contributed by atoms with Gasteiger partial charge in [-0.25, -0.2) is 5.01 Å². The Morgan fingerprint density at radius 1 is 0.972 bits per heavy atom. The maximum absolute atomic E-state index is 14.0. The second-order valence-electron chi connectivity index (χ2n) is 9.34. The predicted octanol–water partition coefficient (Wildman–Crippen LogP) is 4.02. The van der Waals surface area contributed by atoms with E-state index in [-0.39, 0.29) is 12.3 Å². The summed E-state index contributed by atoms with van der Waals surface area (Å²) in [5.41, 5.74) is 2.03. The van der Waals surface area contributed by atoms with Crippen molar-refractivity contribution in [2.45, 2.75) is 31.8 Å². The van der Waals surface area contributed by atoms with Crippen molar-refractivity contribution in [3.63, 3.8) is 0 Å². The molecule has 10 heteroatoms. The summed E-state index contributed by atoms with van der Waals surface area (Å²) >= 11 is 2.36. The highest BCUT2D eigenvalue weighted by atomic mass is 32.1. The number of hydrogen-bond acceptors (Lipinski definition) is 6. The van der Waals surface area contributed by atoms with Crippen LogP contribution in [0.2, 0.25) is 0 Å². The van der Waals surface area contributed by atoms with E-state index in [1.54, 1.807) is 39.9 Å². The van der Waals surface area contributed by atoms with Gasteiger partial charge in [0.15, 0.2) is 0 Å². The van der Waals surface area contributed by atoms with Gasteiger partial charge in [-0.2, -0.15) is 5.01 Å². The van der Waals surface area contributed by atoms with Crippen LogP contribution in [0.1, 0.15) is 44.4 Å². The normalized spacial score (nSPS) is 18.8. The molecule has 0 aliphatic carbocycles. The van der Waals surface area contributed by atoms with Gasteiger partial charge < -0.3 is 9.88 Å². The summed E-state index contributed by atoms with van der Waals surface area (Å²) < 4.78 is 0. The molecule has 36 heavy (non-hydrogen) atoms. The van der Waals surface area contributed by atoms with Gasteiger partial charge in [-0.05, 0) is 48.4 Å². The maximum atomic E-state index is 14.0. The molecule has 0 bridgehead atoms. The molecule has 0 radical (unpaired) electrons. The standard InChI is InChI=1S/C26H22N4O4S2/c1-26(2)22-16(15-7-3-4-8-17(15)27-22)13-18-23(32)28(14-21(31)29(18)26)30(24(33)19-9-5-11-35-19)25(34)20-10-6-12-36-20/h3-12,18,27H,13-14H2,1-2H3/t18-/m0/s1. The predicted molar refractivity (Wildman–Crippen MR) is 137 cm³/mol. The van der Waals surface area contributed by atoms with Crippen molar-refractivity contribution >= 4 is 57.2 Å². The topological polar surface area (TPSA) is 93.8 Å². The highest BCUT2D eigenvalue weighted by Gasteiger charge is 2.53. The van der Waals surface area contributed by atoms with Crippen LogP contribution in [-0.2, 0) is 21.5 Å². The van der Waals surface area contributed by atoms with Crippen LogP contribution in [0.4, 0.5) is 0 Å². The molecule has 1 atom stereocenters. The number of nitrogens with one attached hydrogen (secondary N) is 1. The van der Waals surface area contributed by atoms with Gasteiger partial charge in [-0.1, -0.05) is 30.3 Å². The summed E-state index contributed by atoms with van der Waals surface area (Å²) in [7, 11) is 0. The van der Waals surface area contributed by atoms with E-state index in [0.29, 0.717) is 9.75 Å². The Morgan fingerprint density at radius 2 is 1.61 bits per heavy atom. The molecule has 4 aromatic rings. The van der Waals surface area contributed by atoms with Crippen molar-refractivity contribution in [1.29, 1.82) is 0 Å². The first kappa shape index (κ1) is 22.7. The molecule has 1 saturated heterocycles. The number of hydrogen-bond donors (Lipinski definition) is 1. The number of rotatable bonds is 3. The minimum atomic E-state index is -0.845. The van der Waals surface area contributed by atoms with Crippen LogP contribution in [0.25, 0.3) is 10.9 Å². The molecule has 0 saturated carbocycles. The average molecular weight is 519 g/mol. The minimum Gasteiger partial charge on any atom is -0.356 e. The summed E-state index contributed by atoms with van der Waals surface area (Å²) in [5, 5.41) is 6.36. The van der Waals surface area contributed by atoms with Gasteiger partial charge in [0, 0.05) is 23.0 Å². The fourth-order valence-electron chi connectivity index (χ4n) is 5.36. The molecule has 182 valence electrons. The molecule has 4 amide bonds. The van der Waals surface area contributed by atoms with Crippen molar-refractivity contribution in [2.75, 3.05) is 6.54 Å². The molecular weight excluding hydrogens is 496 g/mol. The number of thiophene rings is 2. The second kappa shape index (κ2) is 8.14. The van der Waals surface area contributed by atoms with Crippen molar-refractivity contribution in [2.24, 2.45) is 0 Å². The van der Waals surface area contributed by atoms with Gasteiger partial charge in [-0.15, -0.1) is 22.7 Å². The zero-order chi connectivity index (χ0) is 25.2. The third-order valence-corrected chi connectivity index (χ3v) is 8.64. The number of para-hydroxylation sites is 1. The lowest BCUT2D eigenvalue weighted by Gasteiger charge is -2.52. The molecule has 6 rings (SSSR count). The molecule has 0 unspecified atom stereocenters. The molecule has 0 spiro atoms. The Bertz CT molecular complexity index is 1470. The molecule has 1 N–H and O–H groups in total. The zero-order valence-corrected chi connectivity index (χ0v) is 21.2. The first-order chi connectivity index (χ1) is 17.3. The van der Waals surface area contributed by atoms with E-state index in [2.05, 4.69) is 4.98 Å². The molecular formula is C26H22N4O4S2. The molecule has 2 aliphatic heterocycles. The Labute approximate surface area is 214 Å².